The highest BCUT2D eigenvalue weighted by Crippen LogP contribution is 2.12. The smallest absolute Gasteiger partial charge is 0.415 e. The van der Waals surface area contributed by atoms with Gasteiger partial charge < -0.3 is 19.7 Å². The molecule has 1 heterocycles. The fourth-order valence-electron chi connectivity index (χ4n) is 2.95. The zero-order chi connectivity index (χ0) is 19.8. The van der Waals surface area contributed by atoms with E-state index in [4.69, 9.17) is 9.47 Å². The quantitative estimate of drug-likeness (QED) is 0.828. The van der Waals surface area contributed by atoms with Crippen LogP contribution in [0.4, 0.5) is 4.79 Å². The average Bonchev–Trinajstić information content (AvgIpc) is 2.74. The summed E-state index contributed by atoms with van der Waals surface area (Å²) in [6, 6.07) is 16.6. The van der Waals surface area contributed by atoms with E-state index in [2.05, 4.69) is 5.32 Å². The molecule has 1 N–H and O–H groups in total. The van der Waals surface area contributed by atoms with E-state index in [9.17, 15) is 9.59 Å². The Hall–Kier alpha value is -3.06. The molecule has 1 aliphatic heterocycles. The van der Waals surface area contributed by atoms with Gasteiger partial charge in [-0.3, -0.25) is 9.69 Å². The highest BCUT2D eigenvalue weighted by molar-refractivity contribution is 5.78. The van der Waals surface area contributed by atoms with Gasteiger partial charge in [-0.1, -0.05) is 30.3 Å². The molecule has 0 aromatic heterocycles. The Kier molecular flexibility index (Phi) is 6.86. The van der Waals surface area contributed by atoms with Crippen molar-refractivity contribution in [1.82, 2.24) is 15.1 Å². The Morgan fingerprint density at radius 1 is 0.929 bits per heavy atom. The van der Waals surface area contributed by atoms with Gasteiger partial charge in [0.1, 0.15) is 11.5 Å². The lowest BCUT2D eigenvalue weighted by atomic mass is 10.2. The van der Waals surface area contributed by atoms with E-state index in [1.807, 2.05) is 47.4 Å². The second-order valence-corrected chi connectivity index (χ2v) is 6.57. The molecule has 2 aromatic carbocycles. The first-order valence-corrected chi connectivity index (χ1v) is 9.28. The first kappa shape index (κ1) is 19.7. The molecule has 7 heteroatoms. The summed E-state index contributed by atoms with van der Waals surface area (Å²) in [6.45, 7) is 3.15. The van der Waals surface area contributed by atoms with E-state index >= 15 is 0 Å². The monoisotopic (exact) mass is 383 g/mol. The summed E-state index contributed by atoms with van der Waals surface area (Å²) >= 11 is 0. The van der Waals surface area contributed by atoms with Gasteiger partial charge in [-0.05, 0) is 29.8 Å². The largest absolute Gasteiger partial charge is 0.497 e. The SMILES string of the molecule is COc1ccc(CNC(=O)CN2CCN(C(=O)Oc3ccccc3)CC2)cc1. The molecule has 28 heavy (non-hydrogen) atoms. The minimum atomic E-state index is -0.352. The molecule has 0 bridgehead atoms. The van der Waals surface area contributed by atoms with Gasteiger partial charge in [-0.25, -0.2) is 4.79 Å². The van der Waals surface area contributed by atoms with Crippen molar-refractivity contribution in [3.8, 4) is 11.5 Å². The van der Waals surface area contributed by atoms with Crippen LogP contribution in [0.25, 0.3) is 0 Å². The van der Waals surface area contributed by atoms with Crippen LogP contribution in [0.5, 0.6) is 11.5 Å². The van der Waals surface area contributed by atoms with Crippen molar-refractivity contribution >= 4 is 12.0 Å². The molecule has 1 fully saturated rings. The molecule has 0 unspecified atom stereocenters. The molecule has 0 spiro atoms. The van der Waals surface area contributed by atoms with E-state index in [1.165, 1.54) is 0 Å². The van der Waals surface area contributed by atoms with E-state index in [1.54, 1.807) is 24.1 Å². The molecule has 148 valence electrons. The lowest BCUT2D eigenvalue weighted by molar-refractivity contribution is -0.122. The number of rotatable bonds is 6. The topological polar surface area (TPSA) is 71.1 Å². The number of carbonyl (C=O) groups excluding carboxylic acids is 2. The number of benzene rings is 2. The lowest BCUT2D eigenvalue weighted by Crippen LogP contribution is -2.51. The maximum Gasteiger partial charge on any atom is 0.415 e. The van der Waals surface area contributed by atoms with Gasteiger partial charge in [0.2, 0.25) is 5.91 Å². The van der Waals surface area contributed by atoms with Crippen molar-refractivity contribution in [3.63, 3.8) is 0 Å². The highest BCUT2D eigenvalue weighted by Gasteiger charge is 2.23. The van der Waals surface area contributed by atoms with Gasteiger partial charge in [0.05, 0.1) is 13.7 Å². The van der Waals surface area contributed by atoms with Crippen LogP contribution in [0, 0.1) is 0 Å². The third-order valence-electron chi connectivity index (χ3n) is 4.59. The summed E-state index contributed by atoms with van der Waals surface area (Å²) in [4.78, 5) is 28.1. The minimum absolute atomic E-state index is 0.0314. The molecule has 7 nitrogen and oxygen atoms in total. The number of hydrogen-bond acceptors (Lipinski definition) is 5. The van der Waals surface area contributed by atoms with Gasteiger partial charge in [0.25, 0.3) is 0 Å². The first-order valence-electron chi connectivity index (χ1n) is 9.28. The van der Waals surface area contributed by atoms with Gasteiger partial charge >= 0.3 is 6.09 Å². The van der Waals surface area contributed by atoms with Crippen molar-refractivity contribution < 1.29 is 19.1 Å². The molecule has 3 rings (SSSR count). The highest BCUT2D eigenvalue weighted by atomic mass is 16.6. The fraction of sp³-hybridized carbons (Fsp3) is 0.333. The molecule has 0 saturated carbocycles. The van der Waals surface area contributed by atoms with Crippen LogP contribution >= 0.6 is 0 Å². The minimum Gasteiger partial charge on any atom is -0.497 e. The summed E-state index contributed by atoms with van der Waals surface area (Å²) < 4.78 is 10.5. The van der Waals surface area contributed by atoms with Crippen molar-refractivity contribution in [2.45, 2.75) is 6.54 Å². The number of hydrogen-bond donors (Lipinski definition) is 1. The Morgan fingerprint density at radius 3 is 2.25 bits per heavy atom. The van der Waals surface area contributed by atoms with Crippen LogP contribution < -0.4 is 14.8 Å². The summed E-state index contributed by atoms with van der Waals surface area (Å²) in [7, 11) is 1.62. The zero-order valence-electron chi connectivity index (χ0n) is 16.0. The first-order chi connectivity index (χ1) is 13.6. The number of nitrogens with one attached hydrogen (secondary N) is 1. The van der Waals surface area contributed by atoms with Crippen molar-refractivity contribution in [2.24, 2.45) is 0 Å². The molecule has 2 amide bonds. The second-order valence-electron chi connectivity index (χ2n) is 6.57. The molecule has 0 radical (unpaired) electrons. The third kappa shape index (κ3) is 5.72. The molecule has 0 aliphatic carbocycles. The van der Waals surface area contributed by atoms with Crippen LogP contribution in [-0.2, 0) is 11.3 Å². The molecular weight excluding hydrogens is 358 g/mol. The van der Waals surface area contributed by atoms with E-state index in [0.717, 1.165) is 11.3 Å². The van der Waals surface area contributed by atoms with Crippen LogP contribution in [0.3, 0.4) is 0 Å². The van der Waals surface area contributed by atoms with E-state index in [0.29, 0.717) is 45.0 Å². The van der Waals surface area contributed by atoms with Crippen molar-refractivity contribution in [1.29, 1.82) is 0 Å². The van der Waals surface area contributed by atoms with Crippen LogP contribution in [0.2, 0.25) is 0 Å². The maximum absolute atomic E-state index is 12.2. The average molecular weight is 383 g/mol. The van der Waals surface area contributed by atoms with Crippen molar-refractivity contribution in [3.05, 3.63) is 60.2 Å². The van der Waals surface area contributed by atoms with Gasteiger partial charge in [-0.15, -0.1) is 0 Å². The molecule has 1 aliphatic rings. The van der Waals surface area contributed by atoms with Crippen molar-refractivity contribution in [2.75, 3.05) is 39.8 Å². The molecule has 1 saturated heterocycles. The predicted molar refractivity (Wildman–Crippen MR) is 105 cm³/mol. The molecular formula is C21H25N3O4. The molecule has 0 atom stereocenters. The Bertz CT molecular complexity index is 772. The number of para-hydroxylation sites is 1. The maximum atomic E-state index is 12.2. The van der Waals surface area contributed by atoms with Gasteiger partial charge in [0, 0.05) is 32.7 Å². The van der Waals surface area contributed by atoms with Gasteiger partial charge in [-0.2, -0.15) is 0 Å². The summed E-state index contributed by atoms with van der Waals surface area (Å²) in [5.74, 6) is 1.29. The lowest BCUT2D eigenvalue weighted by Gasteiger charge is -2.33. The Labute approximate surface area is 164 Å². The van der Waals surface area contributed by atoms with E-state index < -0.39 is 0 Å². The summed E-state index contributed by atoms with van der Waals surface area (Å²) in [6.07, 6.45) is -0.352. The van der Waals surface area contributed by atoms with E-state index in [-0.39, 0.29) is 12.0 Å². The number of carbonyl (C=O) groups is 2. The number of ether oxygens (including phenoxy) is 2. The normalized spacial score (nSPS) is 14.4. The number of piperazine rings is 1. The fourth-order valence-corrected chi connectivity index (χ4v) is 2.95. The summed E-state index contributed by atoms with van der Waals surface area (Å²) in [5.41, 5.74) is 1.02. The number of amides is 2. The standard InChI is InChI=1S/C21H25N3O4/c1-27-18-9-7-17(8-10-18)15-22-20(25)16-23-11-13-24(14-12-23)21(26)28-19-5-3-2-4-6-19/h2-10H,11-16H2,1H3,(H,22,25). The summed E-state index contributed by atoms with van der Waals surface area (Å²) in [5, 5.41) is 2.92. The van der Waals surface area contributed by atoms with Crippen LogP contribution in [0.15, 0.2) is 54.6 Å². The third-order valence-corrected chi connectivity index (χ3v) is 4.59. The second kappa shape index (κ2) is 9.75. The Balaban J connectivity index is 1.37. The molecule has 2 aromatic rings. The zero-order valence-corrected chi connectivity index (χ0v) is 16.0. The number of methoxy groups -OCH3 is 1. The van der Waals surface area contributed by atoms with Gasteiger partial charge in [0.15, 0.2) is 0 Å². The van der Waals surface area contributed by atoms with Crippen LogP contribution in [0.1, 0.15) is 5.56 Å². The predicted octanol–water partition coefficient (Wildman–Crippen LogP) is 2.13. The van der Waals surface area contributed by atoms with Crippen LogP contribution in [-0.4, -0.2) is 61.6 Å². The Morgan fingerprint density at radius 2 is 1.61 bits per heavy atom. The number of nitrogens with zero attached hydrogens (tertiary/aromatic N) is 2.